The van der Waals surface area contributed by atoms with Gasteiger partial charge in [0.25, 0.3) is 5.91 Å². The molecule has 1 fully saturated rings. The van der Waals surface area contributed by atoms with Crippen LogP contribution in [0.1, 0.15) is 30.6 Å². The van der Waals surface area contributed by atoms with E-state index in [1.165, 1.54) is 0 Å². The first-order chi connectivity index (χ1) is 10.0. The molecule has 21 heavy (non-hydrogen) atoms. The minimum Gasteiger partial charge on any atom is -0.398 e. The van der Waals surface area contributed by atoms with Crippen molar-refractivity contribution in [1.82, 2.24) is 9.80 Å². The molecule has 116 valence electrons. The van der Waals surface area contributed by atoms with Crippen molar-refractivity contribution in [3.05, 3.63) is 29.8 Å². The largest absolute Gasteiger partial charge is 0.398 e. The zero-order chi connectivity index (χ0) is 15.4. The van der Waals surface area contributed by atoms with Gasteiger partial charge in [0.2, 0.25) is 0 Å². The van der Waals surface area contributed by atoms with Crippen molar-refractivity contribution in [1.29, 1.82) is 0 Å². The van der Waals surface area contributed by atoms with Gasteiger partial charge in [-0.3, -0.25) is 9.69 Å². The average Bonchev–Trinajstić information content (AvgIpc) is 2.47. The summed E-state index contributed by atoms with van der Waals surface area (Å²) in [7, 11) is 0. The van der Waals surface area contributed by atoms with Gasteiger partial charge < -0.3 is 15.7 Å². The lowest BCUT2D eigenvalue weighted by atomic mass is 10.1. The lowest BCUT2D eigenvalue weighted by Gasteiger charge is -2.41. The third-order valence-corrected chi connectivity index (χ3v) is 4.05. The average molecular weight is 291 g/mol. The van der Waals surface area contributed by atoms with E-state index in [-0.39, 0.29) is 12.0 Å². The van der Waals surface area contributed by atoms with Crippen LogP contribution in [0.3, 0.4) is 0 Å². The van der Waals surface area contributed by atoms with Crippen LogP contribution < -0.4 is 5.73 Å². The molecule has 2 rings (SSSR count). The number of nitrogen functional groups attached to an aromatic ring is 1. The maximum atomic E-state index is 12.6. The number of aliphatic hydroxyl groups is 1. The molecule has 0 aliphatic carbocycles. The van der Waals surface area contributed by atoms with E-state index in [2.05, 4.69) is 11.8 Å². The Morgan fingerprint density at radius 2 is 2.14 bits per heavy atom. The van der Waals surface area contributed by atoms with Crippen LogP contribution in [0.15, 0.2) is 24.3 Å². The molecule has 0 aromatic heterocycles. The lowest BCUT2D eigenvalue weighted by Crippen LogP contribution is -2.55. The van der Waals surface area contributed by atoms with Gasteiger partial charge in [-0.05, 0) is 25.5 Å². The first-order valence-corrected chi connectivity index (χ1v) is 7.58. The van der Waals surface area contributed by atoms with Crippen molar-refractivity contribution in [3.8, 4) is 0 Å². The monoisotopic (exact) mass is 291 g/mol. The van der Waals surface area contributed by atoms with E-state index in [1.54, 1.807) is 19.1 Å². The quantitative estimate of drug-likeness (QED) is 0.818. The van der Waals surface area contributed by atoms with Gasteiger partial charge in [0.05, 0.1) is 11.7 Å². The van der Waals surface area contributed by atoms with Gasteiger partial charge in [-0.15, -0.1) is 0 Å². The Hall–Kier alpha value is -1.59. The van der Waals surface area contributed by atoms with Gasteiger partial charge in [-0.2, -0.15) is 0 Å². The van der Waals surface area contributed by atoms with Crippen LogP contribution >= 0.6 is 0 Å². The number of benzene rings is 1. The fraction of sp³-hybridized carbons (Fsp3) is 0.562. The molecule has 1 saturated heterocycles. The highest BCUT2D eigenvalue weighted by Crippen LogP contribution is 2.18. The highest BCUT2D eigenvalue weighted by atomic mass is 16.3. The molecule has 1 aromatic rings. The van der Waals surface area contributed by atoms with Crippen molar-refractivity contribution >= 4 is 11.6 Å². The van der Waals surface area contributed by atoms with Crippen molar-refractivity contribution < 1.29 is 9.90 Å². The summed E-state index contributed by atoms with van der Waals surface area (Å²) in [6.07, 6.45) is 0.617. The number of rotatable bonds is 4. The number of piperazine rings is 1. The van der Waals surface area contributed by atoms with Crippen molar-refractivity contribution in [2.45, 2.75) is 32.4 Å². The number of amides is 1. The van der Waals surface area contributed by atoms with Crippen molar-refractivity contribution in [3.63, 3.8) is 0 Å². The molecular formula is C16H25N3O2. The number of para-hydroxylation sites is 1. The second kappa shape index (κ2) is 6.91. The SMILES string of the molecule is CCC1CN(C(=O)c2ccccc2N)CCN1CC(C)O. The highest BCUT2D eigenvalue weighted by molar-refractivity contribution is 5.99. The first-order valence-electron chi connectivity index (χ1n) is 7.58. The predicted molar refractivity (Wildman–Crippen MR) is 84.1 cm³/mol. The first kappa shape index (κ1) is 15.8. The van der Waals surface area contributed by atoms with Gasteiger partial charge in [-0.25, -0.2) is 0 Å². The second-order valence-corrected chi connectivity index (χ2v) is 5.74. The lowest BCUT2D eigenvalue weighted by molar-refractivity contribution is 0.0310. The third-order valence-electron chi connectivity index (χ3n) is 4.05. The van der Waals surface area contributed by atoms with Gasteiger partial charge >= 0.3 is 0 Å². The van der Waals surface area contributed by atoms with Gasteiger partial charge in [-0.1, -0.05) is 19.1 Å². The summed E-state index contributed by atoms with van der Waals surface area (Å²) in [6, 6.07) is 7.50. The Balaban J connectivity index is 2.06. The normalized spacial score (nSPS) is 21.3. The molecular weight excluding hydrogens is 266 g/mol. The number of carbonyl (C=O) groups is 1. The van der Waals surface area contributed by atoms with Gasteiger partial charge in [0.15, 0.2) is 0 Å². The van der Waals surface area contributed by atoms with Crippen LogP contribution in [-0.4, -0.2) is 59.1 Å². The van der Waals surface area contributed by atoms with Crippen LogP contribution in [0.4, 0.5) is 5.69 Å². The van der Waals surface area contributed by atoms with Crippen LogP contribution in [0, 0.1) is 0 Å². The molecule has 0 radical (unpaired) electrons. The number of hydrogen-bond acceptors (Lipinski definition) is 4. The minimum absolute atomic E-state index is 0.00301. The van der Waals surface area contributed by atoms with Crippen LogP contribution in [0.2, 0.25) is 0 Å². The van der Waals surface area contributed by atoms with E-state index in [1.807, 2.05) is 17.0 Å². The molecule has 2 atom stereocenters. The summed E-state index contributed by atoms with van der Waals surface area (Å²) >= 11 is 0. The van der Waals surface area contributed by atoms with E-state index in [9.17, 15) is 9.90 Å². The third kappa shape index (κ3) is 3.74. The van der Waals surface area contributed by atoms with Crippen molar-refractivity contribution in [2.24, 2.45) is 0 Å². The molecule has 5 heteroatoms. The van der Waals surface area contributed by atoms with E-state index < -0.39 is 0 Å². The maximum absolute atomic E-state index is 12.6. The smallest absolute Gasteiger partial charge is 0.256 e. The zero-order valence-corrected chi connectivity index (χ0v) is 12.8. The van der Waals surface area contributed by atoms with E-state index in [0.717, 1.165) is 13.0 Å². The number of nitrogens with zero attached hydrogens (tertiary/aromatic N) is 2. The van der Waals surface area contributed by atoms with Crippen LogP contribution in [-0.2, 0) is 0 Å². The zero-order valence-electron chi connectivity index (χ0n) is 12.8. The molecule has 0 spiro atoms. The van der Waals surface area contributed by atoms with Crippen LogP contribution in [0.5, 0.6) is 0 Å². The fourth-order valence-electron chi connectivity index (χ4n) is 2.91. The fourth-order valence-corrected chi connectivity index (χ4v) is 2.91. The Kier molecular flexibility index (Phi) is 5.20. The Morgan fingerprint density at radius 1 is 1.43 bits per heavy atom. The topological polar surface area (TPSA) is 69.8 Å². The molecule has 1 amide bonds. The summed E-state index contributed by atoms with van der Waals surface area (Å²) in [4.78, 5) is 16.7. The van der Waals surface area contributed by atoms with E-state index in [4.69, 9.17) is 5.73 Å². The highest BCUT2D eigenvalue weighted by Gasteiger charge is 2.29. The number of nitrogens with two attached hydrogens (primary N) is 1. The van der Waals surface area contributed by atoms with E-state index in [0.29, 0.717) is 36.9 Å². The molecule has 1 heterocycles. The summed E-state index contributed by atoms with van der Waals surface area (Å²) in [5.41, 5.74) is 7.01. The molecule has 3 N–H and O–H groups in total. The number of carbonyl (C=O) groups excluding carboxylic acids is 1. The number of hydrogen-bond donors (Lipinski definition) is 2. The summed E-state index contributed by atoms with van der Waals surface area (Å²) in [5, 5.41) is 9.57. The molecule has 5 nitrogen and oxygen atoms in total. The van der Waals surface area contributed by atoms with Gasteiger partial charge in [0, 0.05) is 37.9 Å². The van der Waals surface area contributed by atoms with E-state index >= 15 is 0 Å². The summed E-state index contributed by atoms with van der Waals surface area (Å²) in [6.45, 7) is 6.74. The standard InChI is InChI=1S/C16H25N3O2/c1-3-13-11-19(9-8-18(13)10-12(2)20)16(21)14-6-4-5-7-15(14)17/h4-7,12-13,20H,3,8-11,17H2,1-2H3. The van der Waals surface area contributed by atoms with Crippen LogP contribution in [0.25, 0.3) is 0 Å². The second-order valence-electron chi connectivity index (χ2n) is 5.74. The summed E-state index contributed by atoms with van der Waals surface area (Å²) < 4.78 is 0. The number of anilines is 1. The summed E-state index contributed by atoms with van der Waals surface area (Å²) in [5.74, 6) is 0.00301. The molecule has 1 aliphatic heterocycles. The maximum Gasteiger partial charge on any atom is 0.256 e. The van der Waals surface area contributed by atoms with Crippen molar-refractivity contribution in [2.75, 3.05) is 31.9 Å². The minimum atomic E-state index is -0.342. The molecule has 1 aliphatic rings. The molecule has 1 aromatic carbocycles. The number of aliphatic hydroxyl groups excluding tert-OH is 1. The van der Waals surface area contributed by atoms with Gasteiger partial charge in [0.1, 0.15) is 0 Å². The molecule has 0 bridgehead atoms. The predicted octanol–water partition coefficient (Wildman–Crippen LogP) is 1.19. The number of β-amino-alcohol motifs (C(OH)–C–C–N with tert-alkyl or cyclic N) is 1. The Morgan fingerprint density at radius 3 is 2.76 bits per heavy atom. The molecule has 2 unspecified atom stereocenters. The molecule has 0 saturated carbocycles. The Labute approximate surface area is 126 Å². The Bertz CT molecular complexity index is 490.